The van der Waals surface area contributed by atoms with Crippen molar-refractivity contribution in [3.05, 3.63) is 0 Å². The molecule has 1 atom stereocenters. The van der Waals surface area contributed by atoms with Gasteiger partial charge in [0.15, 0.2) is 0 Å². The van der Waals surface area contributed by atoms with Gasteiger partial charge in [-0.05, 0) is 6.42 Å². The molecule has 0 rings (SSSR count). The van der Waals surface area contributed by atoms with Crippen molar-refractivity contribution >= 4 is 11.9 Å². The summed E-state index contributed by atoms with van der Waals surface area (Å²) >= 11 is 0. The molecule has 0 aliphatic carbocycles. The molecule has 0 saturated carbocycles. The summed E-state index contributed by atoms with van der Waals surface area (Å²) in [5, 5.41) is 2.74. The molecule has 0 saturated heterocycles. The number of unbranched alkanes of at least 4 members (excludes halogenated alkanes) is 1. The summed E-state index contributed by atoms with van der Waals surface area (Å²) in [4.78, 5) is 21.8. The van der Waals surface area contributed by atoms with Crippen LogP contribution in [0.3, 0.4) is 0 Å². The van der Waals surface area contributed by atoms with Crippen LogP contribution < -0.4 is 5.32 Å². The lowest BCUT2D eigenvalue weighted by molar-refractivity contribution is -0.141. The number of hydrogen-bond acceptors (Lipinski definition) is 3. The summed E-state index contributed by atoms with van der Waals surface area (Å²) in [7, 11) is 1.35. The SMILES string of the molecule is CCCC[C@H](CC(=O)OC)NC(C)=O. The number of carbonyl (C=O) groups excluding carboxylic acids is 2. The van der Waals surface area contributed by atoms with Crippen molar-refractivity contribution in [2.75, 3.05) is 7.11 Å². The molecule has 0 spiro atoms. The number of methoxy groups -OCH3 is 1. The minimum absolute atomic E-state index is 0.0834. The number of amides is 1. The minimum atomic E-state index is -0.278. The molecule has 0 bridgehead atoms. The zero-order chi connectivity index (χ0) is 11.0. The molecule has 4 nitrogen and oxygen atoms in total. The van der Waals surface area contributed by atoms with Crippen molar-refractivity contribution in [3.63, 3.8) is 0 Å². The molecule has 1 N–H and O–H groups in total. The van der Waals surface area contributed by atoms with E-state index < -0.39 is 0 Å². The highest BCUT2D eigenvalue weighted by Crippen LogP contribution is 2.05. The van der Waals surface area contributed by atoms with E-state index in [2.05, 4.69) is 17.0 Å². The topological polar surface area (TPSA) is 55.4 Å². The Bertz CT molecular complexity index is 192. The quantitative estimate of drug-likeness (QED) is 0.658. The Kier molecular flexibility index (Phi) is 6.80. The van der Waals surface area contributed by atoms with Crippen molar-refractivity contribution in [3.8, 4) is 0 Å². The van der Waals surface area contributed by atoms with Gasteiger partial charge in [0.25, 0.3) is 0 Å². The van der Waals surface area contributed by atoms with Gasteiger partial charge in [0.05, 0.1) is 13.5 Å². The number of hydrogen-bond donors (Lipinski definition) is 1. The summed E-state index contributed by atoms with van der Waals surface area (Å²) in [5.74, 6) is -0.380. The number of nitrogens with one attached hydrogen (secondary N) is 1. The molecular formula is C10H19NO3. The second-order valence-corrected chi connectivity index (χ2v) is 3.32. The lowest BCUT2D eigenvalue weighted by Gasteiger charge is -2.15. The molecule has 0 aromatic heterocycles. The van der Waals surface area contributed by atoms with Crippen LogP contribution in [-0.2, 0) is 14.3 Å². The van der Waals surface area contributed by atoms with Gasteiger partial charge in [-0.3, -0.25) is 9.59 Å². The predicted molar refractivity (Wildman–Crippen MR) is 53.8 cm³/mol. The predicted octanol–water partition coefficient (Wildman–Crippen LogP) is 1.24. The third-order valence-corrected chi connectivity index (χ3v) is 1.95. The van der Waals surface area contributed by atoms with Crippen molar-refractivity contribution < 1.29 is 14.3 Å². The van der Waals surface area contributed by atoms with Crippen LogP contribution in [0.1, 0.15) is 39.5 Å². The highest BCUT2D eigenvalue weighted by Gasteiger charge is 2.14. The van der Waals surface area contributed by atoms with E-state index in [1.165, 1.54) is 14.0 Å². The van der Waals surface area contributed by atoms with Crippen LogP contribution in [0.25, 0.3) is 0 Å². The van der Waals surface area contributed by atoms with Crippen LogP contribution >= 0.6 is 0 Å². The molecule has 4 heteroatoms. The zero-order valence-electron chi connectivity index (χ0n) is 9.13. The maximum absolute atomic E-state index is 11.0. The monoisotopic (exact) mass is 201 g/mol. The first-order valence-electron chi connectivity index (χ1n) is 4.94. The van der Waals surface area contributed by atoms with Crippen molar-refractivity contribution in [2.45, 2.75) is 45.6 Å². The molecule has 0 unspecified atom stereocenters. The molecule has 82 valence electrons. The fourth-order valence-corrected chi connectivity index (χ4v) is 1.25. The Morgan fingerprint density at radius 2 is 2.07 bits per heavy atom. The summed E-state index contributed by atoms with van der Waals surface area (Å²) in [6.07, 6.45) is 3.14. The Labute approximate surface area is 85.0 Å². The summed E-state index contributed by atoms with van der Waals surface area (Å²) < 4.78 is 4.55. The standard InChI is InChI=1S/C10H19NO3/c1-4-5-6-9(11-8(2)12)7-10(13)14-3/h9H,4-7H2,1-3H3,(H,11,12)/t9-/m1/s1. The average Bonchev–Trinajstić information content (AvgIpc) is 2.13. The number of carbonyl (C=O) groups is 2. The maximum Gasteiger partial charge on any atom is 0.307 e. The molecular weight excluding hydrogens is 182 g/mol. The molecule has 0 aliphatic rings. The lowest BCUT2D eigenvalue weighted by atomic mass is 10.1. The first kappa shape index (κ1) is 12.9. The fourth-order valence-electron chi connectivity index (χ4n) is 1.25. The van der Waals surface area contributed by atoms with Gasteiger partial charge >= 0.3 is 5.97 Å². The van der Waals surface area contributed by atoms with E-state index in [9.17, 15) is 9.59 Å². The third-order valence-electron chi connectivity index (χ3n) is 1.95. The summed E-state index contributed by atoms with van der Waals surface area (Å²) in [5.41, 5.74) is 0. The van der Waals surface area contributed by atoms with Crippen LogP contribution in [0.2, 0.25) is 0 Å². The number of ether oxygens (including phenoxy) is 1. The van der Waals surface area contributed by atoms with Gasteiger partial charge in [0, 0.05) is 13.0 Å². The van der Waals surface area contributed by atoms with Crippen LogP contribution in [0, 0.1) is 0 Å². The smallest absolute Gasteiger partial charge is 0.307 e. The van der Waals surface area contributed by atoms with E-state index in [0.717, 1.165) is 19.3 Å². The summed E-state index contributed by atoms with van der Waals surface area (Å²) in [6, 6.07) is -0.0834. The normalized spacial score (nSPS) is 11.9. The molecule has 0 aromatic rings. The first-order valence-corrected chi connectivity index (χ1v) is 4.94. The molecule has 0 heterocycles. The summed E-state index contributed by atoms with van der Waals surface area (Å²) in [6.45, 7) is 3.53. The van der Waals surface area contributed by atoms with Crippen molar-refractivity contribution in [1.82, 2.24) is 5.32 Å². The molecule has 0 aromatic carbocycles. The second kappa shape index (κ2) is 7.35. The Balaban J connectivity index is 3.96. The molecule has 0 aliphatic heterocycles. The lowest BCUT2D eigenvalue weighted by Crippen LogP contribution is -2.35. The van der Waals surface area contributed by atoms with Gasteiger partial charge in [0.2, 0.25) is 5.91 Å². The second-order valence-electron chi connectivity index (χ2n) is 3.32. The Morgan fingerprint density at radius 1 is 1.43 bits per heavy atom. The van der Waals surface area contributed by atoms with Gasteiger partial charge in [-0.2, -0.15) is 0 Å². The van der Waals surface area contributed by atoms with Gasteiger partial charge in [-0.1, -0.05) is 19.8 Å². The zero-order valence-corrected chi connectivity index (χ0v) is 9.13. The highest BCUT2D eigenvalue weighted by atomic mass is 16.5. The third kappa shape index (κ3) is 6.46. The van der Waals surface area contributed by atoms with Gasteiger partial charge < -0.3 is 10.1 Å². The molecule has 0 fully saturated rings. The average molecular weight is 201 g/mol. The van der Waals surface area contributed by atoms with E-state index in [-0.39, 0.29) is 24.3 Å². The van der Waals surface area contributed by atoms with E-state index >= 15 is 0 Å². The van der Waals surface area contributed by atoms with Crippen molar-refractivity contribution in [1.29, 1.82) is 0 Å². The van der Waals surface area contributed by atoms with Crippen LogP contribution in [0.5, 0.6) is 0 Å². The van der Waals surface area contributed by atoms with Crippen LogP contribution in [0.4, 0.5) is 0 Å². The van der Waals surface area contributed by atoms with E-state index in [0.29, 0.717) is 0 Å². The molecule has 14 heavy (non-hydrogen) atoms. The van der Waals surface area contributed by atoms with E-state index in [1.54, 1.807) is 0 Å². The van der Waals surface area contributed by atoms with Crippen LogP contribution in [0.15, 0.2) is 0 Å². The maximum atomic E-state index is 11.0. The fraction of sp³-hybridized carbons (Fsp3) is 0.800. The van der Waals surface area contributed by atoms with E-state index in [1.807, 2.05) is 0 Å². The Hall–Kier alpha value is -1.06. The first-order chi connectivity index (χ1) is 6.60. The van der Waals surface area contributed by atoms with Crippen LogP contribution in [-0.4, -0.2) is 25.0 Å². The van der Waals surface area contributed by atoms with Gasteiger partial charge in [0.1, 0.15) is 0 Å². The Morgan fingerprint density at radius 3 is 2.50 bits per heavy atom. The molecule has 0 radical (unpaired) electrons. The number of rotatable bonds is 6. The van der Waals surface area contributed by atoms with Gasteiger partial charge in [-0.25, -0.2) is 0 Å². The number of esters is 1. The van der Waals surface area contributed by atoms with E-state index in [4.69, 9.17) is 0 Å². The van der Waals surface area contributed by atoms with Crippen molar-refractivity contribution in [2.24, 2.45) is 0 Å². The molecule has 1 amide bonds. The largest absolute Gasteiger partial charge is 0.469 e. The minimum Gasteiger partial charge on any atom is -0.469 e. The van der Waals surface area contributed by atoms with Gasteiger partial charge in [-0.15, -0.1) is 0 Å². The highest BCUT2D eigenvalue weighted by molar-refractivity contribution is 5.75.